The molecule has 1 heterocycles. The highest BCUT2D eigenvalue weighted by molar-refractivity contribution is 7.59. The minimum Gasteiger partial charge on any atom is -0.507 e. The minimum atomic E-state index is -0.0287. The van der Waals surface area contributed by atoms with Crippen molar-refractivity contribution < 1.29 is 14.7 Å². The van der Waals surface area contributed by atoms with Crippen LogP contribution in [-0.2, 0) is 4.84 Å². The number of fused-ring (bicyclic) bond motifs is 1. The molecule has 1 spiro atoms. The Morgan fingerprint density at radius 2 is 2.10 bits per heavy atom. The monoisotopic (exact) mass is 297 g/mol. The Bertz CT molecular complexity index is 514. The topological polar surface area (TPSA) is 50.7 Å². The van der Waals surface area contributed by atoms with E-state index >= 15 is 0 Å². The van der Waals surface area contributed by atoms with Gasteiger partial charge in [-0.05, 0) is 50.3 Å². The van der Waals surface area contributed by atoms with Crippen LogP contribution in [0.25, 0.3) is 0 Å². The fraction of sp³-hybridized carbons (Fsp3) is 0.600. The van der Waals surface area contributed by atoms with Crippen LogP contribution in [0.2, 0.25) is 0 Å². The summed E-state index contributed by atoms with van der Waals surface area (Å²) in [5.74, 6) is 1.25. The summed E-state index contributed by atoms with van der Waals surface area (Å²) in [5.41, 5.74) is 5.81. The third kappa shape index (κ3) is 2.28. The molecule has 4 nitrogen and oxygen atoms in total. The molecule has 0 amide bonds. The van der Waals surface area contributed by atoms with Gasteiger partial charge in [-0.25, -0.2) is 0 Å². The fourth-order valence-electron chi connectivity index (χ4n) is 3.34. The lowest BCUT2D eigenvalue weighted by molar-refractivity contribution is -0.0601. The van der Waals surface area contributed by atoms with E-state index in [9.17, 15) is 5.11 Å². The molecule has 0 unspecified atom stereocenters. The summed E-state index contributed by atoms with van der Waals surface area (Å²) < 4.78 is 6.24. The number of phenols is 1. The van der Waals surface area contributed by atoms with Gasteiger partial charge in [0.05, 0.1) is 13.2 Å². The fourth-order valence-corrected chi connectivity index (χ4v) is 3.34. The SMILES string of the molecule is CON[C@H]1CC2(CCC2)Oc2cc(C)c(O)c(C)c21.S. The van der Waals surface area contributed by atoms with Gasteiger partial charge in [0.25, 0.3) is 0 Å². The van der Waals surface area contributed by atoms with Crippen molar-refractivity contribution in [3.8, 4) is 11.5 Å². The van der Waals surface area contributed by atoms with E-state index in [1.54, 1.807) is 7.11 Å². The number of hydrogen-bond acceptors (Lipinski definition) is 4. The second-order valence-electron chi connectivity index (χ2n) is 5.80. The predicted molar refractivity (Wildman–Crippen MR) is 82.7 cm³/mol. The van der Waals surface area contributed by atoms with E-state index in [-0.39, 0.29) is 25.1 Å². The zero-order valence-electron chi connectivity index (χ0n) is 12.2. The summed E-state index contributed by atoms with van der Waals surface area (Å²) in [7, 11) is 1.63. The molecule has 112 valence electrons. The Kier molecular flexibility index (Phi) is 4.23. The molecular weight excluding hydrogens is 274 g/mol. The van der Waals surface area contributed by atoms with Gasteiger partial charge < -0.3 is 14.7 Å². The minimum absolute atomic E-state index is 0. The number of rotatable bonds is 2. The molecule has 1 aromatic rings. The summed E-state index contributed by atoms with van der Waals surface area (Å²) >= 11 is 0. The van der Waals surface area contributed by atoms with Crippen LogP contribution in [0.4, 0.5) is 0 Å². The van der Waals surface area contributed by atoms with Crippen LogP contribution in [0.1, 0.15) is 48.4 Å². The highest BCUT2D eigenvalue weighted by atomic mass is 32.1. The first kappa shape index (κ1) is 15.5. The van der Waals surface area contributed by atoms with Crippen LogP contribution >= 0.6 is 13.5 Å². The lowest BCUT2D eigenvalue weighted by Gasteiger charge is -2.48. The van der Waals surface area contributed by atoms with Crippen LogP contribution in [0.15, 0.2) is 6.07 Å². The number of aryl methyl sites for hydroxylation is 1. The van der Waals surface area contributed by atoms with E-state index < -0.39 is 0 Å². The van der Waals surface area contributed by atoms with E-state index in [0.717, 1.165) is 41.7 Å². The molecule has 1 atom stereocenters. The van der Waals surface area contributed by atoms with Gasteiger partial charge in [0.15, 0.2) is 0 Å². The standard InChI is InChI=1S/C15H21NO3.H2S/c1-9-7-12-13(10(2)14(9)17)11(16-18-3)8-15(19-12)5-4-6-15;/h7,11,16-17H,4-6,8H2,1-3H3;1H2/t11-;/m0./s1. The molecule has 1 aliphatic heterocycles. The van der Waals surface area contributed by atoms with Crippen LogP contribution < -0.4 is 10.2 Å². The molecule has 0 aromatic heterocycles. The van der Waals surface area contributed by atoms with Gasteiger partial charge >= 0.3 is 0 Å². The maximum atomic E-state index is 10.1. The molecule has 0 bridgehead atoms. The first-order chi connectivity index (χ1) is 9.06. The van der Waals surface area contributed by atoms with Crippen LogP contribution in [0.3, 0.4) is 0 Å². The predicted octanol–water partition coefficient (Wildman–Crippen LogP) is 3.02. The van der Waals surface area contributed by atoms with Gasteiger partial charge in [-0.15, -0.1) is 0 Å². The Labute approximate surface area is 126 Å². The molecule has 2 N–H and O–H groups in total. The highest BCUT2D eigenvalue weighted by Gasteiger charge is 2.46. The smallest absolute Gasteiger partial charge is 0.125 e. The van der Waals surface area contributed by atoms with Gasteiger partial charge in [0.1, 0.15) is 17.1 Å². The van der Waals surface area contributed by atoms with Gasteiger partial charge in [-0.1, -0.05) is 0 Å². The number of hydroxylamine groups is 1. The van der Waals surface area contributed by atoms with Crippen molar-refractivity contribution in [2.24, 2.45) is 0 Å². The quantitative estimate of drug-likeness (QED) is 0.824. The van der Waals surface area contributed by atoms with Crippen molar-refractivity contribution in [1.82, 2.24) is 5.48 Å². The molecule has 1 aromatic carbocycles. The molecule has 1 saturated carbocycles. The van der Waals surface area contributed by atoms with E-state index in [1.807, 2.05) is 19.9 Å². The second-order valence-corrected chi connectivity index (χ2v) is 5.80. The van der Waals surface area contributed by atoms with E-state index in [1.165, 1.54) is 6.42 Å². The number of benzene rings is 1. The maximum absolute atomic E-state index is 10.1. The number of nitrogens with one attached hydrogen (secondary N) is 1. The average molecular weight is 297 g/mol. The summed E-state index contributed by atoms with van der Waals surface area (Å²) in [4.78, 5) is 5.14. The van der Waals surface area contributed by atoms with Crippen molar-refractivity contribution in [3.63, 3.8) is 0 Å². The molecule has 2 aliphatic rings. The Balaban J connectivity index is 0.00000147. The molecule has 1 fully saturated rings. The summed E-state index contributed by atoms with van der Waals surface area (Å²) in [6.07, 6.45) is 4.34. The number of hydrogen-bond donors (Lipinski definition) is 2. The first-order valence-electron chi connectivity index (χ1n) is 6.87. The largest absolute Gasteiger partial charge is 0.507 e. The maximum Gasteiger partial charge on any atom is 0.125 e. The Morgan fingerprint density at radius 3 is 2.65 bits per heavy atom. The molecule has 20 heavy (non-hydrogen) atoms. The average Bonchev–Trinajstić information content (AvgIpc) is 2.34. The van der Waals surface area contributed by atoms with Gasteiger partial charge in [0.2, 0.25) is 0 Å². The third-order valence-electron chi connectivity index (χ3n) is 4.52. The van der Waals surface area contributed by atoms with Crippen molar-refractivity contribution >= 4 is 13.5 Å². The van der Waals surface area contributed by atoms with Crippen LogP contribution in [0, 0.1) is 13.8 Å². The molecule has 1 aliphatic carbocycles. The zero-order valence-corrected chi connectivity index (χ0v) is 13.2. The molecule has 3 rings (SSSR count). The van der Waals surface area contributed by atoms with Crippen LogP contribution in [0.5, 0.6) is 11.5 Å². The normalized spacial score (nSPS) is 22.4. The van der Waals surface area contributed by atoms with E-state index in [4.69, 9.17) is 9.57 Å². The lowest BCUT2D eigenvalue weighted by Crippen LogP contribution is -2.49. The van der Waals surface area contributed by atoms with Crippen LogP contribution in [-0.4, -0.2) is 17.8 Å². The Hall–Kier alpha value is -0.910. The number of phenolic OH excluding ortho intramolecular Hbond substituents is 1. The van der Waals surface area contributed by atoms with Crippen molar-refractivity contribution in [1.29, 1.82) is 0 Å². The van der Waals surface area contributed by atoms with E-state index in [2.05, 4.69) is 5.48 Å². The molecular formula is C15H23NO3S. The number of ether oxygens (including phenoxy) is 1. The van der Waals surface area contributed by atoms with Crippen molar-refractivity contribution in [2.75, 3.05) is 7.11 Å². The summed E-state index contributed by atoms with van der Waals surface area (Å²) in [5, 5.41) is 10.1. The van der Waals surface area contributed by atoms with Crippen molar-refractivity contribution in [2.45, 2.75) is 51.2 Å². The van der Waals surface area contributed by atoms with Crippen molar-refractivity contribution in [3.05, 3.63) is 22.8 Å². The Morgan fingerprint density at radius 1 is 1.40 bits per heavy atom. The van der Waals surface area contributed by atoms with Gasteiger partial charge in [-0.2, -0.15) is 19.0 Å². The third-order valence-corrected chi connectivity index (χ3v) is 4.52. The molecule has 0 radical (unpaired) electrons. The first-order valence-corrected chi connectivity index (χ1v) is 6.87. The molecule has 0 saturated heterocycles. The molecule has 5 heteroatoms. The van der Waals surface area contributed by atoms with Gasteiger partial charge in [0, 0.05) is 12.0 Å². The highest BCUT2D eigenvalue weighted by Crippen LogP contribution is 2.51. The van der Waals surface area contributed by atoms with Gasteiger partial charge in [-0.3, -0.25) is 0 Å². The summed E-state index contributed by atoms with van der Waals surface area (Å²) in [6, 6.07) is 2.03. The second kappa shape index (κ2) is 5.47. The number of aromatic hydroxyl groups is 1. The summed E-state index contributed by atoms with van der Waals surface area (Å²) in [6.45, 7) is 3.85. The lowest BCUT2D eigenvalue weighted by atomic mass is 9.72. The zero-order chi connectivity index (χ0) is 13.6. The van der Waals surface area contributed by atoms with E-state index in [0.29, 0.717) is 5.75 Å².